The number of carbonyl (C=O) groups is 2. The first kappa shape index (κ1) is 16.7. The Bertz CT molecular complexity index is 802. The second-order valence-electron chi connectivity index (χ2n) is 4.84. The minimum absolute atomic E-state index is 0.0106. The lowest BCUT2D eigenvalue weighted by atomic mass is 10.1. The van der Waals surface area contributed by atoms with Crippen LogP contribution in [0, 0.1) is 5.82 Å². The molecule has 0 fully saturated rings. The molecule has 0 unspecified atom stereocenters. The minimum atomic E-state index is -1.12. The summed E-state index contributed by atoms with van der Waals surface area (Å²) in [6.45, 7) is 1.56. The Morgan fingerprint density at radius 3 is 2.61 bits per heavy atom. The number of halogens is 2. The largest absolute Gasteiger partial charge is 0.478 e. The highest BCUT2D eigenvalue weighted by molar-refractivity contribution is 6.34. The molecular weight excluding hydrogens is 321 g/mol. The molecule has 0 aromatic heterocycles. The van der Waals surface area contributed by atoms with E-state index in [2.05, 4.69) is 5.32 Å². The standard InChI is InChI=1S/C17H13ClFNO3/c1-10(7-11-3-2-4-13(19)8-11)16(21)20-15-9-12(17(22)23)5-6-14(15)18/h2-9H,1H3,(H,20,21)(H,22,23)/b10-7+. The Hall–Kier alpha value is -2.66. The summed E-state index contributed by atoms with van der Waals surface area (Å²) in [5.74, 6) is -1.98. The van der Waals surface area contributed by atoms with Gasteiger partial charge in [0, 0.05) is 5.57 Å². The number of aromatic carboxylic acids is 1. The molecule has 0 saturated carbocycles. The van der Waals surface area contributed by atoms with E-state index in [-0.39, 0.29) is 16.3 Å². The molecule has 0 saturated heterocycles. The number of hydrogen-bond donors (Lipinski definition) is 2. The molecule has 0 aliphatic rings. The second-order valence-corrected chi connectivity index (χ2v) is 5.24. The summed E-state index contributed by atoms with van der Waals surface area (Å²) in [4.78, 5) is 23.1. The zero-order valence-corrected chi connectivity index (χ0v) is 12.9. The highest BCUT2D eigenvalue weighted by Crippen LogP contribution is 2.24. The summed E-state index contributed by atoms with van der Waals surface area (Å²) in [5.41, 5.74) is 1.08. The lowest BCUT2D eigenvalue weighted by molar-refractivity contribution is -0.112. The Morgan fingerprint density at radius 2 is 1.96 bits per heavy atom. The van der Waals surface area contributed by atoms with Gasteiger partial charge in [0.25, 0.3) is 5.91 Å². The maximum absolute atomic E-state index is 13.1. The van der Waals surface area contributed by atoms with E-state index in [1.54, 1.807) is 19.1 Å². The van der Waals surface area contributed by atoms with Gasteiger partial charge in [-0.25, -0.2) is 9.18 Å². The maximum Gasteiger partial charge on any atom is 0.335 e. The van der Waals surface area contributed by atoms with Gasteiger partial charge in [0.15, 0.2) is 0 Å². The third-order valence-corrected chi connectivity index (χ3v) is 3.38. The number of carboxylic acids is 1. The molecule has 0 aliphatic carbocycles. The average molecular weight is 334 g/mol. The van der Waals surface area contributed by atoms with Gasteiger partial charge in [-0.1, -0.05) is 23.7 Å². The van der Waals surface area contributed by atoms with Crippen molar-refractivity contribution in [3.63, 3.8) is 0 Å². The molecule has 2 N–H and O–H groups in total. The fourth-order valence-corrected chi connectivity index (χ4v) is 2.05. The topological polar surface area (TPSA) is 66.4 Å². The molecule has 2 rings (SSSR count). The van der Waals surface area contributed by atoms with Crippen molar-refractivity contribution in [2.75, 3.05) is 5.32 Å². The molecule has 1 amide bonds. The predicted octanol–water partition coefficient (Wildman–Crippen LogP) is 4.22. The molecule has 2 aromatic rings. The van der Waals surface area contributed by atoms with E-state index in [9.17, 15) is 14.0 Å². The van der Waals surface area contributed by atoms with Crippen LogP contribution in [-0.4, -0.2) is 17.0 Å². The van der Waals surface area contributed by atoms with Crippen LogP contribution in [-0.2, 0) is 4.79 Å². The number of anilines is 1. The summed E-state index contributed by atoms with van der Waals surface area (Å²) in [6.07, 6.45) is 1.52. The summed E-state index contributed by atoms with van der Waals surface area (Å²) < 4.78 is 13.1. The molecule has 6 heteroatoms. The van der Waals surface area contributed by atoms with E-state index in [0.29, 0.717) is 11.1 Å². The van der Waals surface area contributed by atoms with Gasteiger partial charge >= 0.3 is 5.97 Å². The SMILES string of the molecule is C/C(=C\c1cccc(F)c1)C(=O)Nc1cc(C(=O)O)ccc1Cl. The highest BCUT2D eigenvalue weighted by Gasteiger charge is 2.11. The summed E-state index contributed by atoms with van der Waals surface area (Å²) in [6, 6.07) is 9.83. The molecular formula is C17H13ClFNO3. The van der Waals surface area contributed by atoms with Crippen molar-refractivity contribution in [2.24, 2.45) is 0 Å². The van der Waals surface area contributed by atoms with E-state index in [4.69, 9.17) is 16.7 Å². The molecule has 0 heterocycles. The van der Waals surface area contributed by atoms with Crippen LogP contribution in [0.2, 0.25) is 5.02 Å². The molecule has 23 heavy (non-hydrogen) atoms. The summed E-state index contributed by atoms with van der Waals surface area (Å²) >= 11 is 5.95. The van der Waals surface area contributed by atoms with Gasteiger partial charge < -0.3 is 10.4 Å². The number of rotatable bonds is 4. The third-order valence-electron chi connectivity index (χ3n) is 3.05. The van der Waals surface area contributed by atoms with Crippen molar-refractivity contribution in [1.82, 2.24) is 0 Å². The maximum atomic E-state index is 13.1. The minimum Gasteiger partial charge on any atom is -0.478 e. The molecule has 118 valence electrons. The number of carbonyl (C=O) groups excluding carboxylic acids is 1. The Morgan fingerprint density at radius 1 is 1.22 bits per heavy atom. The zero-order valence-electron chi connectivity index (χ0n) is 12.1. The average Bonchev–Trinajstić information content (AvgIpc) is 2.49. The summed E-state index contributed by atoms with van der Waals surface area (Å²) in [5, 5.41) is 11.7. The lowest BCUT2D eigenvalue weighted by Crippen LogP contribution is -2.13. The van der Waals surface area contributed by atoms with E-state index >= 15 is 0 Å². The van der Waals surface area contributed by atoms with Crippen molar-refractivity contribution < 1.29 is 19.1 Å². The fourth-order valence-electron chi connectivity index (χ4n) is 1.89. The van der Waals surface area contributed by atoms with E-state index in [1.807, 2.05) is 0 Å². The Kier molecular flexibility index (Phi) is 5.13. The quantitative estimate of drug-likeness (QED) is 0.823. The van der Waals surface area contributed by atoms with Crippen LogP contribution in [0.5, 0.6) is 0 Å². The van der Waals surface area contributed by atoms with Crippen molar-refractivity contribution in [3.8, 4) is 0 Å². The van der Waals surface area contributed by atoms with Crippen LogP contribution in [0.3, 0.4) is 0 Å². The first-order valence-electron chi connectivity index (χ1n) is 6.65. The van der Waals surface area contributed by atoms with Gasteiger partial charge in [0.1, 0.15) is 5.82 Å². The van der Waals surface area contributed by atoms with Crippen LogP contribution in [0.25, 0.3) is 6.08 Å². The predicted molar refractivity (Wildman–Crippen MR) is 87.1 cm³/mol. The Labute approximate surface area is 137 Å². The number of benzene rings is 2. The van der Waals surface area contributed by atoms with Crippen molar-refractivity contribution in [2.45, 2.75) is 6.92 Å². The molecule has 0 bridgehead atoms. The molecule has 0 atom stereocenters. The van der Waals surface area contributed by atoms with E-state index in [1.165, 1.54) is 36.4 Å². The second kappa shape index (κ2) is 7.07. The van der Waals surface area contributed by atoms with Gasteiger partial charge in [-0.05, 0) is 48.9 Å². The van der Waals surface area contributed by atoms with Gasteiger partial charge in [0.2, 0.25) is 0 Å². The van der Waals surface area contributed by atoms with Crippen molar-refractivity contribution in [1.29, 1.82) is 0 Å². The normalized spacial score (nSPS) is 11.2. The number of hydrogen-bond acceptors (Lipinski definition) is 2. The van der Waals surface area contributed by atoms with Crippen LogP contribution in [0.1, 0.15) is 22.8 Å². The van der Waals surface area contributed by atoms with Gasteiger partial charge in [0.05, 0.1) is 16.3 Å². The first-order valence-corrected chi connectivity index (χ1v) is 7.02. The fraction of sp³-hybridized carbons (Fsp3) is 0.0588. The van der Waals surface area contributed by atoms with Crippen LogP contribution < -0.4 is 5.32 Å². The smallest absolute Gasteiger partial charge is 0.335 e. The van der Waals surface area contributed by atoms with Crippen molar-refractivity contribution >= 4 is 35.2 Å². The first-order chi connectivity index (χ1) is 10.9. The zero-order chi connectivity index (χ0) is 17.0. The van der Waals surface area contributed by atoms with E-state index in [0.717, 1.165) is 0 Å². The van der Waals surface area contributed by atoms with E-state index < -0.39 is 17.7 Å². The van der Waals surface area contributed by atoms with Crippen molar-refractivity contribution in [3.05, 3.63) is 70.0 Å². The Balaban J connectivity index is 2.21. The lowest BCUT2D eigenvalue weighted by Gasteiger charge is -2.08. The van der Waals surface area contributed by atoms with Gasteiger partial charge in [-0.2, -0.15) is 0 Å². The monoisotopic (exact) mass is 333 g/mol. The van der Waals surface area contributed by atoms with Gasteiger partial charge in [-0.15, -0.1) is 0 Å². The number of amides is 1. The molecule has 2 aromatic carbocycles. The third kappa shape index (κ3) is 4.40. The van der Waals surface area contributed by atoms with Crippen LogP contribution in [0.15, 0.2) is 48.0 Å². The molecule has 0 aliphatic heterocycles. The van der Waals surface area contributed by atoms with Crippen LogP contribution >= 0.6 is 11.6 Å². The number of carboxylic acid groups (broad SMARTS) is 1. The molecule has 0 radical (unpaired) electrons. The molecule has 0 spiro atoms. The number of nitrogens with one attached hydrogen (secondary N) is 1. The van der Waals surface area contributed by atoms with Gasteiger partial charge in [-0.3, -0.25) is 4.79 Å². The molecule has 4 nitrogen and oxygen atoms in total. The van der Waals surface area contributed by atoms with Crippen LogP contribution in [0.4, 0.5) is 10.1 Å². The highest BCUT2D eigenvalue weighted by atomic mass is 35.5. The summed E-state index contributed by atoms with van der Waals surface area (Å²) in [7, 11) is 0.